The molecule has 0 aliphatic rings. The van der Waals surface area contributed by atoms with E-state index in [1.807, 2.05) is 0 Å². The third-order valence-electron chi connectivity index (χ3n) is 0.791. The van der Waals surface area contributed by atoms with Crippen molar-refractivity contribution in [2.45, 2.75) is 6.92 Å². The number of aliphatic imine (C=N–C) groups is 2. The molecule has 0 spiro atoms. The van der Waals surface area contributed by atoms with E-state index in [1.54, 1.807) is 6.92 Å². The van der Waals surface area contributed by atoms with E-state index in [1.165, 1.54) is 0 Å². The van der Waals surface area contributed by atoms with Gasteiger partial charge in [-0.25, -0.2) is 9.98 Å². The summed E-state index contributed by atoms with van der Waals surface area (Å²) in [5.74, 6) is 0. The minimum atomic E-state index is 0.0107. The Morgan fingerprint density at radius 1 is 1.60 bits per heavy atom. The van der Waals surface area contributed by atoms with Gasteiger partial charge in [-0.05, 0) is 25.2 Å². The van der Waals surface area contributed by atoms with Crippen LogP contribution < -0.4 is 0 Å². The van der Waals surface area contributed by atoms with Crippen LogP contribution in [0.5, 0.6) is 0 Å². The molecule has 0 aromatic heterocycles. The third-order valence-corrected chi connectivity index (χ3v) is 0.995. The molecule has 1 N–H and O–H groups in total. The van der Waals surface area contributed by atoms with Crippen LogP contribution in [0.25, 0.3) is 0 Å². The van der Waals surface area contributed by atoms with Crippen LogP contribution in [-0.4, -0.2) is 17.7 Å². The van der Waals surface area contributed by atoms with Gasteiger partial charge in [-0.2, -0.15) is 0 Å². The first-order valence-electron chi connectivity index (χ1n) is 2.53. The first-order valence-corrected chi connectivity index (χ1v) is 2.91. The number of rotatable bonds is 2. The van der Waals surface area contributed by atoms with Crippen molar-refractivity contribution in [2.75, 3.05) is 0 Å². The van der Waals surface area contributed by atoms with E-state index in [0.717, 1.165) is 0 Å². The molecular formula is C6H8ClN3. The maximum Gasteiger partial charge on any atom is 0.222 e. The van der Waals surface area contributed by atoms with Crippen molar-refractivity contribution in [3.8, 4) is 0 Å². The molecule has 4 heteroatoms. The Balaban J connectivity index is 4.27. The first kappa shape index (κ1) is 9.04. The number of hydrogen-bond acceptors (Lipinski definition) is 2. The normalized spacial score (nSPS) is 10.8. The summed E-state index contributed by atoms with van der Waals surface area (Å²) in [5.41, 5.74) is 0.569. The highest BCUT2D eigenvalue weighted by Gasteiger charge is 1.93. The Bertz CT molecular complexity index is 205. The molecule has 0 heterocycles. The highest BCUT2D eigenvalue weighted by atomic mass is 35.5. The van der Waals surface area contributed by atoms with Crippen LogP contribution in [0.1, 0.15) is 6.92 Å². The van der Waals surface area contributed by atoms with Gasteiger partial charge >= 0.3 is 0 Å². The maximum atomic E-state index is 7.04. The standard InChI is InChI=1S/C6H8ClN3/c1-4(8)5(2)10-6(7)9-3/h8H,2-3H2,1H3. The summed E-state index contributed by atoms with van der Waals surface area (Å²) in [4.78, 5) is 6.95. The van der Waals surface area contributed by atoms with Gasteiger partial charge in [-0.1, -0.05) is 6.58 Å². The Kier molecular flexibility index (Phi) is 3.57. The first-order chi connectivity index (χ1) is 4.57. The van der Waals surface area contributed by atoms with Crippen molar-refractivity contribution in [3.63, 3.8) is 0 Å². The Morgan fingerprint density at radius 2 is 2.10 bits per heavy atom. The summed E-state index contributed by atoms with van der Waals surface area (Å²) >= 11 is 5.37. The van der Waals surface area contributed by atoms with E-state index in [4.69, 9.17) is 17.0 Å². The topological polar surface area (TPSA) is 48.6 Å². The Morgan fingerprint density at radius 3 is 2.40 bits per heavy atom. The molecule has 0 atom stereocenters. The molecule has 0 fully saturated rings. The molecule has 10 heavy (non-hydrogen) atoms. The molecule has 0 saturated heterocycles. The van der Waals surface area contributed by atoms with Crippen LogP contribution >= 0.6 is 11.6 Å². The minimum Gasteiger partial charge on any atom is -0.303 e. The molecule has 0 unspecified atom stereocenters. The minimum absolute atomic E-state index is 0.0107. The summed E-state index contributed by atoms with van der Waals surface area (Å²) in [6.45, 7) is 8.18. The van der Waals surface area contributed by atoms with Crippen LogP contribution in [0.15, 0.2) is 22.3 Å². The van der Waals surface area contributed by atoms with Gasteiger partial charge in [0, 0.05) is 0 Å². The molecule has 0 bridgehead atoms. The van der Waals surface area contributed by atoms with E-state index >= 15 is 0 Å². The van der Waals surface area contributed by atoms with Crippen molar-refractivity contribution in [3.05, 3.63) is 12.3 Å². The van der Waals surface area contributed by atoms with Crippen LogP contribution in [0, 0.1) is 5.41 Å². The number of nitrogens with one attached hydrogen (secondary N) is 1. The molecule has 0 aliphatic carbocycles. The number of hydrogen-bond donors (Lipinski definition) is 1. The molecular weight excluding hydrogens is 150 g/mol. The zero-order chi connectivity index (χ0) is 8.15. The second-order valence-corrected chi connectivity index (χ2v) is 1.95. The van der Waals surface area contributed by atoms with Gasteiger partial charge in [-0.15, -0.1) is 0 Å². The summed E-state index contributed by atoms with van der Waals surface area (Å²) in [6.07, 6.45) is 0. The van der Waals surface area contributed by atoms with Crippen LogP contribution in [0.3, 0.4) is 0 Å². The van der Waals surface area contributed by atoms with E-state index < -0.39 is 0 Å². The van der Waals surface area contributed by atoms with Gasteiger partial charge in [0.05, 0.1) is 11.4 Å². The van der Waals surface area contributed by atoms with Gasteiger partial charge in [0.25, 0.3) is 0 Å². The van der Waals surface area contributed by atoms with Gasteiger partial charge in [0.15, 0.2) is 0 Å². The molecule has 0 amide bonds. The third kappa shape index (κ3) is 3.14. The Labute approximate surface area is 64.7 Å². The number of amidine groups is 1. The molecule has 0 saturated carbocycles. The zero-order valence-electron chi connectivity index (χ0n) is 5.69. The SMILES string of the molecule is C=NC(Cl)=NC(=C)C(C)=N. The van der Waals surface area contributed by atoms with Crippen molar-refractivity contribution < 1.29 is 0 Å². The van der Waals surface area contributed by atoms with E-state index in [9.17, 15) is 0 Å². The summed E-state index contributed by atoms with van der Waals surface area (Å²) < 4.78 is 0. The molecule has 0 radical (unpaired) electrons. The molecule has 0 aliphatic heterocycles. The van der Waals surface area contributed by atoms with Gasteiger partial charge in [0.2, 0.25) is 5.29 Å². The van der Waals surface area contributed by atoms with Gasteiger partial charge in [-0.3, -0.25) is 0 Å². The van der Waals surface area contributed by atoms with E-state index in [0.29, 0.717) is 5.70 Å². The van der Waals surface area contributed by atoms with E-state index in [2.05, 4.69) is 23.3 Å². The summed E-state index contributed by atoms with van der Waals surface area (Å²) in [5, 5.41) is 7.05. The number of nitrogens with zero attached hydrogens (tertiary/aromatic N) is 2. The zero-order valence-corrected chi connectivity index (χ0v) is 6.44. The summed E-state index contributed by atoms with van der Waals surface area (Å²) in [7, 11) is 0. The van der Waals surface area contributed by atoms with Crippen LogP contribution in [0.4, 0.5) is 0 Å². The van der Waals surface area contributed by atoms with Crippen molar-refractivity contribution in [1.82, 2.24) is 0 Å². The van der Waals surface area contributed by atoms with Gasteiger partial charge in [0.1, 0.15) is 0 Å². The molecule has 0 aromatic carbocycles. The summed E-state index contributed by atoms with van der Waals surface area (Å²) in [6, 6.07) is 0. The average Bonchev–Trinajstić information content (AvgIpc) is 1.87. The maximum absolute atomic E-state index is 7.04. The fraction of sp³-hybridized carbons (Fsp3) is 0.167. The second-order valence-electron chi connectivity index (χ2n) is 1.61. The fourth-order valence-electron chi connectivity index (χ4n) is 0.231. The highest BCUT2D eigenvalue weighted by Crippen LogP contribution is 1.98. The lowest BCUT2D eigenvalue weighted by atomic mass is 10.3. The number of allylic oxidation sites excluding steroid dienone is 1. The predicted molar refractivity (Wildman–Crippen MR) is 45.4 cm³/mol. The monoisotopic (exact) mass is 157 g/mol. The van der Waals surface area contributed by atoms with Crippen molar-refractivity contribution in [1.29, 1.82) is 5.41 Å². The molecule has 0 rings (SSSR count). The largest absolute Gasteiger partial charge is 0.303 e. The smallest absolute Gasteiger partial charge is 0.222 e. The van der Waals surface area contributed by atoms with Gasteiger partial charge < -0.3 is 5.41 Å². The van der Waals surface area contributed by atoms with Crippen molar-refractivity contribution >= 4 is 29.3 Å². The quantitative estimate of drug-likeness (QED) is 0.361. The average molecular weight is 158 g/mol. The van der Waals surface area contributed by atoms with E-state index in [-0.39, 0.29) is 11.0 Å². The second kappa shape index (κ2) is 3.95. The molecule has 3 nitrogen and oxygen atoms in total. The lowest BCUT2D eigenvalue weighted by molar-refractivity contribution is 1.38. The predicted octanol–water partition coefficient (Wildman–Crippen LogP) is 1.84. The van der Waals surface area contributed by atoms with Crippen molar-refractivity contribution in [2.24, 2.45) is 9.98 Å². The number of halogens is 1. The lowest BCUT2D eigenvalue weighted by Crippen LogP contribution is -1.92. The molecule has 54 valence electrons. The molecule has 0 aromatic rings. The van der Waals surface area contributed by atoms with Crippen LogP contribution in [-0.2, 0) is 0 Å². The van der Waals surface area contributed by atoms with Crippen LogP contribution in [0.2, 0.25) is 0 Å². The fourth-order valence-corrected chi connectivity index (χ4v) is 0.333. The highest BCUT2D eigenvalue weighted by molar-refractivity contribution is 6.65. The lowest BCUT2D eigenvalue weighted by Gasteiger charge is -1.92. The Hall–Kier alpha value is -0.960.